The third-order valence-corrected chi connectivity index (χ3v) is 4.23. The Morgan fingerprint density at radius 3 is 2.80 bits per heavy atom. The van der Waals surface area contributed by atoms with E-state index < -0.39 is 0 Å². The number of hydrogen-bond donors (Lipinski definition) is 1. The Balaban J connectivity index is 2.19. The molecule has 0 saturated carbocycles. The lowest BCUT2D eigenvalue weighted by atomic mass is 9.85. The first-order valence-electron chi connectivity index (χ1n) is 6.71. The molecule has 0 aliphatic carbocycles. The van der Waals surface area contributed by atoms with E-state index in [9.17, 15) is 4.39 Å². The third kappa shape index (κ3) is 3.66. The normalized spacial score (nSPS) is 19.4. The molecule has 1 aromatic rings. The molecular weight excluding hydrogens is 275 g/mol. The molecule has 1 unspecified atom stereocenters. The fourth-order valence-electron chi connectivity index (χ4n) is 2.09. The quantitative estimate of drug-likeness (QED) is 0.890. The zero-order valence-corrected chi connectivity index (χ0v) is 13.2. The van der Waals surface area contributed by atoms with E-state index in [1.807, 2.05) is 0 Å². The molecule has 1 aromatic carbocycles. The molecule has 0 radical (unpaired) electrons. The van der Waals surface area contributed by atoms with Gasteiger partial charge in [-0.05, 0) is 24.0 Å². The molecule has 0 aromatic heterocycles. The topological polar surface area (TPSA) is 33.6 Å². The van der Waals surface area contributed by atoms with Gasteiger partial charge in [0.05, 0.1) is 18.8 Å². The summed E-state index contributed by atoms with van der Waals surface area (Å²) in [5, 5.41) is 4.13. The van der Waals surface area contributed by atoms with Gasteiger partial charge in [-0.3, -0.25) is 4.99 Å². The molecule has 5 heteroatoms. The molecule has 3 nitrogen and oxygen atoms in total. The van der Waals surface area contributed by atoms with E-state index in [4.69, 9.17) is 9.73 Å². The summed E-state index contributed by atoms with van der Waals surface area (Å²) in [5.74, 6) is 1.22. The monoisotopic (exact) mass is 296 g/mol. The fourth-order valence-corrected chi connectivity index (χ4v) is 3.01. The lowest BCUT2D eigenvalue weighted by molar-refractivity contribution is 0.316. The van der Waals surface area contributed by atoms with Crippen LogP contribution in [0.1, 0.15) is 27.2 Å². The van der Waals surface area contributed by atoms with Crippen molar-refractivity contribution < 1.29 is 9.13 Å². The van der Waals surface area contributed by atoms with Crippen LogP contribution < -0.4 is 10.1 Å². The first kappa shape index (κ1) is 15.2. The summed E-state index contributed by atoms with van der Waals surface area (Å²) in [7, 11) is 1.54. The largest absolute Gasteiger partial charge is 0.494 e. The van der Waals surface area contributed by atoms with Crippen molar-refractivity contribution in [1.82, 2.24) is 0 Å². The summed E-state index contributed by atoms with van der Waals surface area (Å²) in [6, 6.07) is 4.77. The molecule has 0 saturated heterocycles. The van der Waals surface area contributed by atoms with Crippen molar-refractivity contribution in [2.75, 3.05) is 18.2 Å². The summed E-state index contributed by atoms with van der Waals surface area (Å²) in [5.41, 5.74) is 0.899. The van der Waals surface area contributed by atoms with Gasteiger partial charge in [0, 0.05) is 11.8 Å². The van der Waals surface area contributed by atoms with Crippen LogP contribution in [0.3, 0.4) is 0 Å². The van der Waals surface area contributed by atoms with E-state index in [2.05, 4.69) is 26.1 Å². The number of nitrogens with one attached hydrogen (secondary N) is 1. The molecule has 2 rings (SSSR count). The Hall–Kier alpha value is -1.23. The molecule has 110 valence electrons. The lowest BCUT2D eigenvalue weighted by Gasteiger charge is -2.31. The van der Waals surface area contributed by atoms with Crippen molar-refractivity contribution in [3.63, 3.8) is 0 Å². The van der Waals surface area contributed by atoms with Gasteiger partial charge in [0.1, 0.15) is 11.6 Å². The Bertz CT molecular complexity index is 511. The number of nitrogens with zero attached hydrogens (tertiary/aromatic N) is 1. The van der Waals surface area contributed by atoms with E-state index in [-0.39, 0.29) is 11.2 Å². The van der Waals surface area contributed by atoms with E-state index in [0.717, 1.165) is 23.0 Å². The predicted molar refractivity (Wildman–Crippen MR) is 84.3 cm³/mol. The van der Waals surface area contributed by atoms with E-state index in [1.165, 1.54) is 19.2 Å². The van der Waals surface area contributed by atoms with Crippen molar-refractivity contribution >= 4 is 22.6 Å². The molecule has 1 aliphatic rings. The molecule has 1 heterocycles. The average Bonchev–Trinajstić information content (AvgIpc) is 2.40. The zero-order chi connectivity index (χ0) is 14.8. The molecule has 0 bridgehead atoms. The molecule has 1 N–H and O–H groups in total. The lowest BCUT2D eigenvalue weighted by Crippen LogP contribution is -2.30. The number of amidine groups is 1. The van der Waals surface area contributed by atoms with Crippen LogP contribution in [0.5, 0.6) is 5.75 Å². The van der Waals surface area contributed by atoms with Crippen LogP contribution in [0, 0.1) is 11.2 Å². The molecule has 0 spiro atoms. The molecule has 0 amide bonds. The van der Waals surface area contributed by atoms with Gasteiger partial charge in [0.25, 0.3) is 0 Å². The Kier molecular flexibility index (Phi) is 4.58. The summed E-state index contributed by atoms with van der Waals surface area (Å²) < 4.78 is 18.4. The highest BCUT2D eigenvalue weighted by molar-refractivity contribution is 8.14. The summed E-state index contributed by atoms with van der Waals surface area (Å²) >= 11 is 1.69. The summed E-state index contributed by atoms with van der Waals surface area (Å²) in [6.07, 6.45) is 1.08. The SMILES string of the molecule is COc1cc(F)ccc1NC1=NC(C(C)(C)C)CCS1. The highest BCUT2D eigenvalue weighted by Gasteiger charge is 2.27. The van der Waals surface area contributed by atoms with Gasteiger partial charge in [-0.15, -0.1) is 0 Å². The first-order valence-corrected chi connectivity index (χ1v) is 7.70. The number of thioether (sulfide) groups is 1. The standard InChI is InChI=1S/C15H21FN2OS/c1-15(2,3)13-7-8-20-14(18-13)17-11-6-5-10(16)9-12(11)19-4/h5-6,9,13H,7-8H2,1-4H3,(H,17,18). The van der Waals surface area contributed by atoms with Crippen molar-refractivity contribution in [2.24, 2.45) is 10.4 Å². The number of benzene rings is 1. The maximum absolute atomic E-state index is 13.2. The van der Waals surface area contributed by atoms with Crippen LogP contribution in [0.4, 0.5) is 10.1 Å². The second kappa shape index (κ2) is 6.04. The van der Waals surface area contributed by atoms with Gasteiger partial charge in [-0.2, -0.15) is 0 Å². The molecular formula is C15H21FN2OS. The van der Waals surface area contributed by atoms with Gasteiger partial charge < -0.3 is 10.1 Å². The first-order chi connectivity index (χ1) is 9.40. The number of aliphatic imine (C=N–C) groups is 1. The molecule has 1 aliphatic heterocycles. The highest BCUT2D eigenvalue weighted by Crippen LogP contribution is 2.32. The molecule has 1 atom stereocenters. The fraction of sp³-hybridized carbons (Fsp3) is 0.533. The van der Waals surface area contributed by atoms with E-state index in [0.29, 0.717) is 11.8 Å². The maximum atomic E-state index is 13.2. The van der Waals surface area contributed by atoms with E-state index >= 15 is 0 Å². The summed E-state index contributed by atoms with van der Waals surface area (Å²) in [4.78, 5) is 4.77. The van der Waals surface area contributed by atoms with Crippen LogP contribution in [0.25, 0.3) is 0 Å². The number of anilines is 1. The minimum atomic E-state index is -0.307. The number of methoxy groups -OCH3 is 1. The molecule has 20 heavy (non-hydrogen) atoms. The van der Waals surface area contributed by atoms with Crippen LogP contribution in [0.2, 0.25) is 0 Å². The van der Waals surface area contributed by atoms with Gasteiger partial charge in [0.2, 0.25) is 0 Å². The van der Waals surface area contributed by atoms with Gasteiger partial charge in [-0.25, -0.2) is 4.39 Å². The zero-order valence-electron chi connectivity index (χ0n) is 12.4. The van der Waals surface area contributed by atoms with Crippen molar-refractivity contribution in [2.45, 2.75) is 33.2 Å². The Morgan fingerprint density at radius 2 is 2.15 bits per heavy atom. The Morgan fingerprint density at radius 1 is 1.40 bits per heavy atom. The van der Waals surface area contributed by atoms with Crippen LogP contribution in [0.15, 0.2) is 23.2 Å². The summed E-state index contributed by atoms with van der Waals surface area (Å²) in [6.45, 7) is 6.60. The van der Waals surface area contributed by atoms with Crippen LogP contribution >= 0.6 is 11.8 Å². The number of halogens is 1. The number of hydrogen-bond acceptors (Lipinski definition) is 4. The average molecular weight is 296 g/mol. The smallest absolute Gasteiger partial charge is 0.161 e. The maximum Gasteiger partial charge on any atom is 0.161 e. The van der Waals surface area contributed by atoms with Crippen molar-refractivity contribution in [3.05, 3.63) is 24.0 Å². The second-order valence-corrected chi connectivity index (χ2v) is 7.01. The highest BCUT2D eigenvalue weighted by atomic mass is 32.2. The van der Waals surface area contributed by atoms with E-state index in [1.54, 1.807) is 17.8 Å². The van der Waals surface area contributed by atoms with Gasteiger partial charge in [0.15, 0.2) is 5.17 Å². The van der Waals surface area contributed by atoms with Gasteiger partial charge >= 0.3 is 0 Å². The molecule has 0 fully saturated rings. The third-order valence-electron chi connectivity index (χ3n) is 3.31. The minimum Gasteiger partial charge on any atom is -0.494 e. The Labute approximate surface area is 124 Å². The van der Waals surface area contributed by atoms with Crippen LogP contribution in [-0.2, 0) is 0 Å². The minimum absolute atomic E-state index is 0.154. The van der Waals surface area contributed by atoms with Crippen molar-refractivity contribution in [1.29, 1.82) is 0 Å². The van der Waals surface area contributed by atoms with Gasteiger partial charge in [-0.1, -0.05) is 32.5 Å². The predicted octanol–water partition coefficient (Wildman–Crippen LogP) is 4.15. The van der Waals surface area contributed by atoms with Crippen LogP contribution in [-0.4, -0.2) is 24.1 Å². The number of ether oxygens (including phenoxy) is 1. The van der Waals surface area contributed by atoms with Crippen molar-refractivity contribution in [3.8, 4) is 5.75 Å². The second-order valence-electron chi connectivity index (χ2n) is 5.92. The number of rotatable bonds is 2.